The second-order valence-corrected chi connectivity index (χ2v) is 4.47. The van der Waals surface area contributed by atoms with Gasteiger partial charge in [-0.1, -0.05) is 12.1 Å². The molecule has 4 heteroatoms. The highest BCUT2D eigenvalue weighted by Gasteiger charge is 1.98. The van der Waals surface area contributed by atoms with Gasteiger partial charge < -0.3 is 15.4 Å². The molecule has 0 bridgehead atoms. The fourth-order valence-electron chi connectivity index (χ4n) is 1.52. The van der Waals surface area contributed by atoms with Crippen molar-refractivity contribution in [2.24, 2.45) is 0 Å². The SMILES string of the molecule is CC(=O)NCCNCc1ccc(OC(C)C)cc1. The van der Waals surface area contributed by atoms with Crippen LogP contribution in [0.15, 0.2) is 24.3 Å². The number of rotatable bonds is 7. The Kier molecular flexibility index (Phi) is 6.22. The molecule has 0 spiro atoms. The van der Waals surface area contributed by atoms with Crippen molar-refractivity contribution >= 4 is 5.91 Å². The van der Waals surface area contributed by atoms with Gasteiger partial charge >= 0.3 is 0 Å². The van der Waals surface area contributed by atoms with Crippen molar-refractivity contribution in [3.05, 3.63) is 29.8 Å². The molecular formula is C14H22N2O2. The fourth-order valence-corrected chi connectivity index (χ4v) is 1.52. The van der Waals surface area contributed by atoms with E-state index in [1.54, 1.807) is 0 Å². The van der Waals surface area contributed by atoms with Crippen LogP contribution in [0.1, 0.15) is 26.3 Å². The lowest BCUT2D eigenvalue weighted by Crippen LogP contribution is -2.29. The van der Waals surface area contributed by atoms with Crippen molar-refractivity contribution in [1.82, 2.24) is 10.6 Å². The summed E-state index contributed by atoms with van der Waals surface area (Å²) in [6, 6.07) is 8.04. The van der Waals surface area contributed by atoms with Crippen molar-refractivity contribution < 1.29 is 9.53 Å². The Morgan fingerprint density at radius 1 is 1.22 bits per heavy atom. The Morgan fingerprint density at radius 2 is 1.89 bits per heavy atom. The van der Waals surface area contributed by atoms with E-state index < -0.39 is 0 Å². The van der Waals surface area contributed by atoms with Crippen LogP contribution in [0.4, 0.5) is 0 Å². The molecule has 0 aliphatic rings. The van der Waals surface area contributed by atoms with E-state index in [4.69, 9.17) is 4.74 Å². The molecule has 100 valence electrons. The van der Waals surface area contributed by atoms with Gasteiger partial charge in [-0.2, -0.15) is 0 Å². The Labute approximate surface area is 109 Å². The summed E-state index contributed by atoms with van der Waals surface area (Å²) in [7, 11) is 0. The zero-order valence-corrected chi connectivity index (χ0v) is 11.3. The first-order chi connectivity index (χ1) is 8.58. The molecule has 0 radical (unpaired) electrons. The van der Waals surface area contributed by atoms with Gasteiger partial charge in [-0.15, -0.1) is 0 Å². The molecule has 0 saturated heterocycles. The molecule has 0 aliphatic heterocycles. The van der Waals surface area contributed by atoms with Crippen LogP contribution >= 0.6 is 0 Å². The second-order valence-electron chi connectivity index (χ2n) is 4.47. The third kappa shape index (κ3) is 6.25. The van der Waals surface area contributed by atoms with Crippen LogP contribution in [-0.2, 0) is 11.3 Å². The number of ether oxygens (including phenoxy) is 1. The second kappa shape index (κ2) is 7.71. The van der Waals surface area contributed by atoms with Gasteiger partial charge in [-0.05, 0) is 31.5 Å². The first-order valence-electron chi connectivity index (χ1n) is 6.28. The van der Waals surface area contributed by atoms with Gasteiger partial charge in [-0.3, -0.25) is 4.79 Å². The zero-order valence-electron chi connectivity index (χ0n) is 11.3. The van der Waals surface area contributed by atoms with Crippen LogP contribution in [0.2, 0.25) is 0 Å². The minimum atomic E-state index is 0.00647. The summed E-state index contributed by atoms with van der Waals surface area (Å²) in [4.78, 5) is 10.6. The summed E-state index contributed by atoms with van der Waals surface area (Å²) in [6.45, 7) is 7.76. The largest absolute Gasteiger partial charge is 0.491 e. The molecular weight excluding hydrogens is 228 g/mol. The van der Waals surface area contributed by atoms with E-state index in [-0.39, 0.29) is 12.0 Å². The maximum Gasteiger partial charge on any atom is 0.216 e. The van der Waals surface area contributed by atoms with E-state index in [1.807, 2.05) is 38.1 Å². The Bertz CT molecular complexity index is 361. The van der Waals surface area contributed by atoms with Gasteiger partial charge in [0.1, 0.15) is 5.75 Å². The van der Waals surface area contributed by atoms with E-state index >= 15 is 0 Å². The van der Waals surface area contributed by atoms with E-state index in [0.29, 0.717) is 6.54 Å². The lowest BCUT2D eigenvalue weighted by molar-refractivity contribution is -0.118. The molecule has 0 heterocycles. The number of hydrogen-bond acceptors (Lipinski definition) is 3. The van der Waals surface area contributed by atoms with Gasteiger partial charge in [0, 0.05) is 26.6 Å². The molecule has 1 aromatic carbocycles. The van der Waals surface area contributed by atoms with E-state index in [0.717, 1.165) is 18.8 Å². The molecule has 0 fully saturated rings. The van der Waals surface area contributed by atoms with Crippen LogP contribution in [0.3, 0.4) is 0 Å². The van der Waals surface area contributed by atoms with E-state index in [2.05, 4.69) is 10.6 Å². The van der Waals surface area contributed by atoms with Gasteiger partial charge in [0.05, 0.1) is 6.10 Å². The smallest absolute Gasteiger partial charge is 0.216 e. The summed E-state index contributed by atoms with van der Waals surface area (Å²) < 4.78 is 5.57. The predicted octanol–water partition coefficient (Wildman–Crippen LogP) is 1.70. The van der Waals surface area contributed by atoms with Crippen LogP contribution in [0, 0.1) is 0 Å². The number of benzene rings is 1. The molecule has 2 N–H and O–H groups in total. The molecule has 0 atom stereocenters. The lowest BCUT2D eigenvalue weighted by Gasteiger charge is -2.10. The monoisotopic (exact) mass is 250 g/mol. The normalized spacial score (nSPS) is 10.4. The van der Waals surface area contributed by atoms with Gasteiger partial charge in [-0.25, -0.2) is 0 Å². The van der Waals surface area contributed by atoms with Gasteiger partial charge in [0.15, 0.2) is 0 Å². The quantitative estimate of drug-likeness (QED) is 0.724. The minimum absolute atomic E-state index is 0.00647. The number of amides is 1. The Balaban J connectivity index is 2.24. The van der Waals surface area contributed by atoms with Crippen molar-refractivity contribution in [3.8, 4) is 5.75 Å². The standard InChI is InChI=1S/C14H22N2O2/c1-11(2)18-14-6-4-13(5-7-14)10-15-8-9-16-12(3)17/h4-7,11,15H,8-10H2,1-3H3,(H,16,17). The summed E-state index contributed by atoms with van der Waals surface area (Å²) in [6.07, 6.45) is 0.201. The first-order valence-corrected chi connectivity index (χ1v) is 6.28. The van der Waals surface area contributed by atoms with Crippen molar-refractivity contribution in [2.45, 2.75) is 33.4 Å². The lowest BCUT2D eigenvalue weighted by atomic mass is 10.2. The van der Waals surface area contributed by atoms with Crippen LogP contribution in [0.5, 0.6) is 5.75 Å². The van der Waals surface area contributed by atoms with Crippen LogP contribution in [-0.4, -0.2) is 25.1 Å². The van der Waals surface area contributed by atoms with E-state index in [1.165, 1.54) is 12.5 Å². The molecule has 1 amide bonds. The fraction of sp³-hybridized carbons (Fsp3) is 0.500. The van der Waals surface area contributed by atoms with Gasteiger partial charge in [0.25, 0.3) is 0 Å². The Hall–Kier alpha value is -1.55. The summed E-state index contributed by atoms with van der Waals surface area (Å²) in [5, 5.41) is 6.00. The molecule has 0 aliphatic carbocycles. The number of carbonyl (C=O) groups is 1. The molecule has 1 aromatic rings. The summed E-state index contributed by atoms with van der Waals surface area (Å²) >= 11 is 0. The van der Waals surface area contributed by atoms with Gasteiger partial charge in [0.2, 0.25) is 5.91 Å². The molecule has 18 heavy (non-hydrogen) atoms. The maximum atomic E-state index is 10.6. The van der Waals surface area contributed by atoms with E-state index in [9.17, 15) is 4.79 Å². The molecule has 0 saturated carbocycles. The topological polar surface area (TPSA) is 50.4 Å². The predicted molar refractivity (Wildman–Crippen MR) is 72.6 cm³/mol. The number of hydrogen-bond donors (Lipinski definition) is 2. The number of carbonyl (C=O) groups excluding carboxylic acids is 1. The molecule has 1 rings (SSSR count). The highest BCUT2D eigenvalue weighted by Crippen LogP contribution is 2.13. The summed E-state index contributed by atoms with van der Waals surface area (Å²) in [5.41, 5.74) is 1.20. The highest BCUT2D eigenvalue weighted by atomic mass is 16.5. The highest BCUT2D eigenvalue weighted by molar-refractivity contribution is 5.72. The maximum absolute atomic E-state index is 10.6. The zero-order chi connectivity index (χ0) is 13.4. The Morgan fingerprint density at radius 3 is 2.44 bits per heavy atom. The van der Waals surface area contributed by atoms with Crippen LogP contribution in [0.25, 0.3) is 0 Å². The summed E-state index contributed by atoms with van der Waals surface area (Å²) in [5.74, 6) is 0.902. The van der Waals surface area contributed by atoms with Crippen LogP contribution < -0.4 is 15.4 Å². The minimum Gasteiger partial charge on any atom is -0.491 e. The first kappa shape index (κ1) is 14.5. The van der Waals surface area contributed by atoms with Crippen molar-refractivity contribution in [2.75, 3.05) is 13.1 Å². The molecule has 4 nitrogen and oxygen atoms in total. The third-order valence-corrected chi connectivity index (χ3v) is 2.30. The van der Waals surface area contributed by atoms with Crippen molar-refractivity contribution in [3.63, 3.8) is 0 Å². The van der Waals surface area contributed by atoms with Crippen molar-refractivity contribution in [1.29, 1.82) is 0 Å². The molecule has 0 unspecified atom stereocenters. The number of nitrogens with one attached hydrogen (secondary N) is 2. The average molecular weight is 250 g/mol. The molecule has 0 aromatic heterocycles. The average Bonchev–Trinajstić information content (AvgIpc) is 2.30. The third-order valence-electron chi connectivity index (χ3n) is 2.30.